The number of halogens is 1. The smallest absolute Gasteiger partial charge is 0.410 e. The highest BCUT2D eigenvalue weighted by Gasteiger charge is 2.42. The number of nitriles is 1. The molecule has 0 saturated carbocycles. The molecule has 2 aliphatic rings. The Morgan fingerprint density at radius 1 is 1.24 bits per heavy atom. The Morgan fingerprint density at radius 3 is 2.64 bits per heavy atom. The van der Waals surface area contributed by atoms with E-state index >= 15 is 0 Å². The number of amides is 1. The molecule has 1 aromatic carbocycles. The average molecular weight is 469 g/mol. The molecule has 4 rings (SSSR count). The molecule has 1 N–H and O–H groups in total. The molecule has 8 nitrogen and oxygen atoms in total. The largest absolute Gasteiger partial charge is 0.447 e. The molecule has 2 fully saturated rings. The van der Waals surface area contributed by atoms with E-state index in [1.165, 1.54) is 0 Å². The number of aromatic nitrogens is 2. The number of rotatable bonds is 4. The number of hydrogen-bond donors (Lipinski definition) is 1. The van der Waals surface area contributed by atoms with Crippen LogP contribution in [0.3, 0.4) is 0 Å². The SMILES string of the molecule is Cc1c(Nc2ccc(C#N)cc2Cl)ncnc1N1CCC2(CCN(C(=O)OC(C)C)CC2)C1. The third kappa shape index (κ3) is 4.98. The maximum Gasteiger partial charge on any atom is 0.410 e. The van der Waals surface area contributed by atoms with Crippen LogP contribution >= 0.6 is 11.6 Å². The van der Waals surface area contributed by atoms with Crippen LogP contribution in [0.2, 0.25) is 5.02 Å². The van der Waals surface area contributed by atoms with Crippen LogP contribution in [0.1, 0.15) is 44.2 Å². The van der Waals surface area contributed by atoms with Crippen molar-refractivity contribution in [2.24, 2.45) is 5.41 Å². The molecule has 2 saturated heterocycles. The maximum absolute atomic E-state index is 12.2. The minimum atomic E-state index is -0.210. The van der Waals surface area contributed by atoms with E-state index < -0.39 is 0 Å². The highest BCUT2D eigenvalue weighted by molar-refractivity contribution is 6.33. The van der Waals surface area contributed by atoms with Crippen molar-refractivity contribution in [2.75, 3.05) is 36.4 Å². The first kappa shape index (κ1) is 23.1. The van der Waals surface area contributed by atoms with Crippen LogP contribution in [0, 0.1) is 23.7 Å². The first-order valence-electron chi connectivity index (χ1n) is 11.3. The monoisotopic (exact) mass is 468 g/mol. The Morgan fingerprint density at radius 2 is 1.97 bits per heavy atom. The number of anilines is 3. The van der Waals surface area contributed by atoms with Gasteiger partial charge in [0.05, 0.1) is 28.4 Å². The predicted octanol–water partition coefficient (Wildman–Crippen LogP) is 4.89. The number of likely N-dealkylation sites (tertiary alicyclic amines) is 1. The van der Waals surface area contributed by atoms with Crippen LogP contribution in [0.5, 0.6) is 0 Å². The standard InChI is InChI=1S/C24H29ClN6O2/c1-16(2)33-23(32)30-9-6-24(7-10-30)8-11-31(14-24)22-17(3)21(27-15-28-22)29-20-5-4-18(13-26)12-19(20)25/h4-5,12,15-16H,6-11,14H2,1-3H3,(H,27,28,29). The summed E-state index contributed by atoms with van der Waals surface area (Å²) in [6.07, 6.45) is 4.27. The van der Waals surface area contributed by atoms with Crippen LogP contribution in [-0.4, -0.2) is 53.2 Å². The summed E-state index contributed by atoms with van der Waals surface area (Å²) in [5.41, 5.74) is 2.35. The Kier molecular flexibility index (Phi) is 6.61. The van der Waals surface area contributed by atoms with E-state index in [0.717, 1.165) is 56.8 Å². The third-order valence-corrected chi connectivity index (χ3v) is 6.88. The number of nitrogens with one attached hydrogen (secondary N) is 1. The zero-order chi connectivity index (χ0) is 23.6. The van der Waals surface area contributed by atoms with E-state index in [0.29, 0.717) is 22.1 Å². The Labute approximate surface area is 199 Å². The first-order chi connectivity index (χ1) is 15.8. The van der Waals surface area contributed by atoms with Crippen molar-refractivity contribution in [1.82, 2.24) is 14.9 Å². The molecule has 0 unspecified atom stereocenters. The fourth-order valence-corrected chi connectivity index (χ4v) is 4.89. The Hall–Kier alpha value is -3.05. The van der Waals surface area contributed by atoms with E-state index in [-0.39, 0.29) is 17.6 Å². The van der Waals surface area contributed by atoms with E-state index in [2.05, 4.69) is 26.3 Å². The second-order valence-electron chi connectivity index (χ2n) is 9.19. The summed E-state index contributed by atoms with van der Waals surface area (Å²) in [4.78, 5) is 25.4. The predicted molar refractivity (Wildman–Crippen MR) is 128 cm³/mol. The number of hydrogen-bond acceptors (Lipinski definition) is 7. The topological polar surface area (TPSA) is 94.4 Å². The van der Waals surface area contributed by atoms with Crippen molar-refractivity contribution in [3.05, 3.63) is 40.7 Å². The number of nitrogens with zero attached hydrogens (tertiary/aromatic N) is 5. The second kappa shape index (κ2) is 9.44. The number of piperidine rings is 1. The normalized spacial score (nSPS) is 17.3. The summed E-state index contributed by atoms with van der Waals surface area (Å²) in [5.74, 6) is 1.61. The van der Waals surface area contributed by atoms with Crippen LogP contribution in [0.15, 0.2) is 24.5 Å². The first-order valence-corrected chi connectivity index (χ1v) is 11.7. The van der Waals surface area contributed by atoms with Gasteiger partial charge in [0, 0.05) is 31.7 Å². The van der Waals surface area contributed by atoms with Crippen LogP contribution in [0.25, 0.3) is 0 Å². The number of ether oxygens (including phenoxy) is 1. The van der Waals surface area contributed by atoms with Gasteiger partial charge >= 0.3 is 6.09 Å². The van der Waals surface area contributed by atoms with E-state index in [1.54, 1.807) is 24.5 Å². The molecule has 2 aromatic rings. The van der Waals surface area contributed by atoms with Gasteiger partial charge in [0.1, 0.15) is 18.0 Å². The van der Waals surface area contributed by atoms with Gasteiger partial charge in [-0.25, -0.2) is 14.8 Å². The molecule has 1 aromatic heterocycles. The van der Waals surface area contributed by atoms with Gasteiger partial charge in [0.25, 0.3) is 0 Å². The van der Waals surface area contributed by atoms with E-state index in [1.807, 2.05) is 25.7 Å². The molecule has 0 aliphatic carbocycles. The zero-order valence-electron chi connectivity index (χ0n) is 19.3. The number of carbonyl (C=O) groups is 1. The molecule has 0 bridgehead atoms. The van der Waals surface area contributed by atoms with Gasteiger partial charge in [0.15, 0.2) is 0 Å². The van der Waals surface area contributed by atoms with Crippen molar-refractivity contribution in [3.63, 3.8) is 0 Å². The molecular formula is C24H29ClN6O2. The number of carbonyl (C=O) groups excluding carboxylic acids is 1. The molecule has 9 heteroatoms. The second-order valence-corrected chi connectivity index (χ2v) is 9.60. The lowest BCUT2D eigenvalue weighted by molar-refractivity contribution is 0.0532. The highest BCUT2D eigenvalue weighted by Crippen LogP contribution is 2.42. The van der Waals surface area contributed by atoms with Gasteiger partial charge in [-0.05, 0) is 63.6 Å². The summed E-state index contributed by atoms with van der Waals surface area (Å²) in [6, 6.07) is 7.23. The van der Waals surface area contributed by atoms with Crippen molar-refractivity contribution in [2.45, 2.75) is 46.1 Å². The van der Waals surface area contributed by atoms with Gasteiger partial charge < -0.3 is 19.9 Å². The van der Waals surface area contributed by atoms with E-state index in [9.17, 15) is 4.79 Å². The van der Waals surface area contributed by atoms with Crippen molar-refractivity contribution in [1.29, 1.82) is 5.26 Å². The van der Waals surface area contributed by atoms with Crippen molar-refractivity contribution >= 4 is 35.0 Å². The van der Waals surface area contributed by atoms with Crippen LogP contribution < -0.4 is 10.2 Å². The van der Waals surface area contributed by atoms with Crippen molar-refractivity contribution < 1.29 is 9.53 Å². The molecule has 174 valence electrons. The summed E-state index contributed by atoms with van der Waals surface area (Å²) in [6.45, 7) is 9.05. The lowest BCUT2D eigenvalue weighted by Gasteiger charge is -2.39. The fraction of sp³-hybridized carbons (Fsp3) is 0.500. The molecular weight excluding hydrogens is 440 g/mol. The van der Waals surface area contributed by atoms with Gasteiger partial charge in [-0.2, -0.15) is 5.26 Å². The van der Waals surface area contributed by atoms with Gasteiger partial charge in [-0.15, -0.1) is 0 Å². The molecule has 1 spiro atoms. The average Bonchev–Trinajstić information content (AvgIpc) is 3.19. The lowest BCUT2D eigenvalue weighted by Crippen LogP contribution is -2.45. The zero-order valence-corrected chi connectivity index (χ0v) is 20.0. The summed E-state index contributed by atoms with van der Waals surface area (Å²) in [5, 5.41) is 12.8. The molecule has 0 atom stereocenters. The Bertz CT molecular complexity index is 1080. The van der Waals surface area contributed by atoms with Gasteiger partial charge in [-0.1, -0.05) is 11.6 Å². The fourth-order valence-electron chi connectivity index (χ4n) is 4.66. The minimum absolute atomic E-state index is 0.0990. The van der Waals surface area contributed by atoms with Gasteiger partial charge in [-0.3, -0.25) is 0 Å². The molecule has 1 amide bonds. The van der Waals surface area contributed by atoms with Crippen molar-refractivity contribution in [3.8, 4) is 6.07 Å². The maximum atomic E-state index is 12.2. The highest BCUT2D eigenvalue weighted by atomic mass is 35.5. The summed E-state index contributed by atoms with van der Waals surface area (Å²) >= 11 is 6.33. The molecule has 0 radical (unpaired) electrons. The third-order valence-electron chi connectivity index (χ3n) is 6.57. The van der Waals surface area contributed by atoms with Crippen LogP contribution in [-0.2, 0) is 4.74 Å². The minimum Gasteiger partial charge on any atom is -0.447 e. The van der Waals surface area contributed by atoms with Crippen LogP contribution in [0.4, 0.5) is 22.1 Å². The quantitative estimate of drug-likeness (QED) is 0.682. The molecule has 3 heterocycles. The van der Waals surface area contributed by atoms with Gasteiger partial charge in [0.2, 0.25) is 0 Å². The summed E-state index contributed by atoms with van der Waals surface area (Å²) in [7, 11) is 0. The number of benzene rings is 1. The Balaban J connectivity index is 1.44. The molecule has 33 heavy (non-hydrogen) atoms. The summed E-state index contributed by atoms with van der Waals surface area (Å²) < 4.78 is 5.36. The van der Waals surface area contributed by atoms with E-state index in [4.69, 9.17) is 21.6 Å². The molecule has 2 aliphatic heterocycles. The lowest BCUT2D eigenvalue weighted by atomic mass is 9.78.